The number of ether oxygens (including phenoxy) is 2. The van der Waals surface area contributed by atoms with Gasteiger partial charge in [0.1, 0.15) is 0 Å². The SMILES string of the molecule is COC(=O)C(C)(O)COC(C)C(F)(F)F. The summed E-state index contributed by atoms with van der Waals surface area (Å²) in [4.78, 5) is 10.9. The molecule has 2 unspecified atom stereocenters. The van der Waals surface area contributed by atoms with Crippen molar-refractivity contribution in [2.75, 3.05) is 13.7 Å². The van der Waals surface area contributed by atoms with Crippen LogP contribution in [0.25, 0.3) is 0 Å². The van der Waals surface area contributed by atoms with E-state index in [4.69, 9.17) is 0 Å². The molecule has 0 aliphatic heterocycles. The van der Waals surface area contributed by atoms with E-state index in [9.17, 15) is 23.1 Å². The van der Waals surface area contributed by atoms with Crippen LogP contribution in [0, 0.1) is 0 Å². The van der Waals surface area contributed by atoms with E-state index in [1.807, 2.05) is 0 Å². The van der Waals surface area contributed by atoms with E-state index in [1.54, 1.807) is 0 Å². The number of esters is 1. The fourth-order valence-electron chi connectivity index (χ4n) is 0.661. The van der Waals surface area contributed by atoms with Crippen LogP contribution in [-0.4, -0.2) is 42.7 Å². The molecule has 0 aliphatic rings. The summed E-state index contributed by atoms with van der Waals surface area (Å²) in [5, 5.41) is 9.33. The molecule has 7 heteroatoms. The van der Waals surface area contributed by atoms with E-state index in [0.29, 0.717) is 0 Å². The molecule has 0 bridgehead atoms. The summed E-state index contributed by atoms with van der Waals surface area (Å²) in [6.07, 6.45) is -6.57. The number of carbonyl (C=O) groups excluding carboxylic acids is 1. The molecule has 0 fully saturated rings. The number of halogens is 3. The minimum absolute atomic E-state index is 0.777. The highest BCUT2D eigenvalue weighted by atomic mass is 19.4. The van der Waals surface area contributed by atoms with Crippen molar-refractivity contribution < 1.29 is 32.5 Å². The van der Waals surface area contributed by atoms with Crippen molar-refractivity contribution in [3.8, 4) is 0 Å². The Morgan fingerprint density at radius 2 is 1.93 bits per heavy atom. The van der Waals surface area contributed by atoms with Gasteiger partial charge in [-0.3, -0.25) is 0 Å². The number of alkyl halides is 3. The Kier molecular flexibility index (Phi) is 4.54. The number of methoxy groups -OCH3 is 1. The summed E-state index contributed by atoms with van der Waals surface area (Å²) < 4.78 is 44.5. The lowest BCUT2D eigenvalue weighted by molar-refractivity contribution is -0.227. The zero-order valence-electron chi connectivity index (χ0n) is 8.59. The second-order valence-electron chi connectivity index (χ2n) is 3.26. The maximum atomic E-state index is 12.0. The van der Waals surface area contributed by atoms with Gasteiger partial charge in [-0.05, 0) is 13.8 Å². The maximum Gasteiger partial charge on any atom is 0.414 e. The molecule has 0 heterocycles. The van der Waals surface area contributed by atoms with E-state index in [1.165, 1.54) is 0 Å². The summed E-state index contributed by atoms with van der Waals surface area (Å²) in [7, 11) is 1.02. The Bertz CT molecular complexity index is 224. The Morgan fingerprint density at radius 1 is 1.47 bits per heavy atom. The predicted molar refractivity (Wildman–Crippen MR) is 44.1 cm³/mol. The molecule has 0 aromatic heterocycles. The van der Waals surface area contributed by atoms with Gasteiger partial charge in [0.2, 0.25) is 0 Å². The van der Waals surface area contributed by atoms with Crippen molar-refractivity contribution in [3.05, 3.63) is 0 Å². The van der Waals surface area contributed by atoms with Gasteiger partial charge in [-0.2, -0.15) is 13.2 Å². The van der Waals surface area contributed by atoms with Crippen LogP contribution in [0.15, 0.2) is 0 Å². The first-order valence-electron chi connectivity index (χ1n) is 4.10. The summed E-state index contributed by atoms with van der Waals surface area (Å²) in [6.45, 7) is 1.02. The van der Waals surface area contributed by atoms with Crippen LogP contribution in [0.2, 0.25) is 0 Å². The molecule has 0 aliphatic carbocycles. The Hall–Kier alpha value is -0.820. The molecule has 15 heavy (non-hydrogen) atoms. The van der Waals surface area contributed by atoms with E-state index in [-0.39, 0.29) is 0 Å². The number of aliphatic hydroxyl groups is 1. The fraction of sp³-hybridized carbons (Fsp3) is 0.875. The molecule has 0 aromatic rings. The van der Waals surface area contributed by atoms with Crippen LogP contribution < -0.4 is 0 Å². The normalized spacial score (nSPS) is 18.1. The average molecular weight is 230 g/mol. The van der Waals surface area contributed by atoms with Crippen LogP contribution >= 0.6 is 0 Å². The minimum Gasteiger partial charge on any atom is -0.467 e. The van der Waals surface area contributed by atoms with Crippen LogP contribution in [0.4, 0.5) is 13.2 Å². The van der Waals surface area contributed by atoms with Crippen LogP contribution in [0.1, 0.15) is 13.8 Å². The third kappa shape index (κ3) is 4.48. The van der Waals surface area contributed by atoms with Crippen molar-refractivity contribution in [2.24, 2.45) is 0 Å². The van der Waals surface area contributed by atoms with Gasteiger partial charge in [0.05, 0.1) is 13.7 Å². The Morgan fingerprint density at radius 3 is 2.27 bits per heavy atom. The third-order valence-electron chi connectivity index (χ3n) is 1.70. The maximum absolute atomic E-state index is 12.0. The Balaban J connectivity index is 4.21. The van der Waals surface area contributed by atoms with E-state index < -0.39 is 30.5 Å². The minimum atomic E-state index is -4.52. The van der Waals surface area contributed by atoms with Crippen molar-refractivity contribution >= 4 is 5.97 Å². The summed E-state index contributed by atoms with van der Waals surface area (Å²) >= 11 is 0. The van der Waals surface area contributed by atoms with Gasteiger partial charge < -0.3 is 14.6 Å². The molecule has 2 atom stereocenters. The molecule has 0 rings (SSSR count). The van der Waals surface area contributed by atoms with E-state index in [0.717, 1.165) is 21.0 Å². The smallest absolute Gasteiger partial charge is 0.414 e. The van der Waals surface area contributed by atoms with Gasteiger partial charge in [-0.15, -0.1) is 0 Å². The van der Waals surface area contributed by atoms with Gasteiger partial charge in [-0.25, -0.2) is 4.79 Å². The molecule has 0 aromatic carbocycles. The number of carbonyl (C=O) groups is 1. The first kappa shape index (κ1) is 14.2. The predicted octanol–water partition coefficient (Wildman–Crippen LogP) is 0.878. The topological polar surface area (TPSA) is 55.8 Å². The highest BCUT2D eigenvalue weighted by molar-refractivity contribution is 5.78. The number of hydrogen-bond acceptors (Lipinski definition) is 4. The lowest BCUT2D eigenvalue weighted by atomic mass is 10.1. The first-order chi connectivity index (χ1) is 6.61. The lowest BCUT2D eigenvalue weighted by Gasteiger charge is -2.23. The molecule has 0 spiro atoms. The van der Waals surface area contributed by atoms with Gasteiger partial charge in [0.25, 0.3) is 0 Å². The summed E-state index contributed by atoms with van der Waals surface area (Å²) in [5.74, 6) is -1.04. The van der Waals surface area contributed by atoms with E-state index in [2.05, 4.69) is 9.47 Å². The van der Waals surface area contributed by atoms with Crippen molar-refractivity contribution in [3.63, 3.8) is 0 Å². The second-order valence-corrected chi connectivity index (χ2v) is 3.26. The zero-order chi connectivity index (χ0) is 12.3. The molecule has 1 N–H and O–H groups in total. The Labute approximate surface area is 85.0 Å². The lowest BCUT2D eigenvalue weighted by Crippen LogP contribution is -2.43. The highest BCUT2D eigenvalue weighted by Gasteiger charge is 2.40. The average Bonchev–Trinajstić information content (AvgIpc) is 2.11. The van der Waals surface area contributed by atoms with E-state index >= 15 is 0 Å². The number of hydrogen-bond donors (Lipinski definition) is 1. The molecule has 4 nitrogen and oxygen atoms in total. The van der Waals surface area contributed by atoms with Crippen LogP contribution in [0.5, 0.6) is 0 Å². The molecule has 0 radical (unpaired) electrons. The molecule has 0 saturated heterocycles. The van der Waals surface area contributed by atoms with Gasteiger partial charge in [0.15, 0.2) is 11.7 Å². The summed E-state index contributed by atoms with van der Waals surface area (Å²) in [6, 6.07) is 0. The van der Waals surface area contributed by atoms with Gasteiger partial charge in [-0.1, -0.05) is 0 Å². The second kappa shape index (κ2) is 4.80. The third-order valence-corrected chi connectivity index (χ3v) is 1.70. The monoisotopic (exact) mass is 230 g/mol. The van der Waals surface area contributed by atoms with Crippen molar-refractivity contribution in [2.45, 2.75) is 31.7 Å². The number of rotatable bonds is 4. The summed E-state index contributed by atoms with van der Waals surface area (Å²) in [5.41, 5.74) is -2.08. The van der Waals surface area contributed by atoms with Crippen LogP contribution in [-0.2, 0) is 14.3 Å². The molecular weight excluding hydrogens is 217 g/mol. The zero-order valence-corrected chi connectivity index (χ0v) is 8.59. The fourth-order valence-corrected chi connectivity index (χ4v) is 0.661. The molecule has 0 saturated carbocycles. The first-order valence-corrected chi connectivity index (χ1v) is 4.10. The van der Waals surface area contributed by atoms with Crippen molar-refractivity contribution in [1.29, 1.82) is 0 Å². The highest BCUT2D eigenvalue weighted by Crippen LogP contribution is 2.23. The van der Waals surface area contributed by atoms with Gasteiger partial charge >= 0.3 is 12.1 Å². The van der Waals surface area contributed by atoms with Crippen molar-refractivity contribution in [1.82, 2.24) is 0 Å². The molecular formula is C8H13F3O4. The van der Waals surface area contributed by atoms with Gasteiger partial charge in [0, 0.05) is 0 Å². The molecule has 0 amide bonds. The largest absolute Gasteiger partial charge is 0.467 e. The standard InChI is InChI=1S/C8H13F3O4/c1-5(8(9,10)11)15-4-7(2,13)6(12)14-3/h5,13H,4H2,1-3H3. The molecule has 90 valence electrons. The quantitative estimate of drug-likeness (QED) is 0.728. The van der Waals surface area contributed by atoms with Crippen LogP contribution in [0.3, 0.4) is 0 Å².